The molecule has 0 saturated heterocycles. The van der Waals surface area contributed by atoms with Gasteiger partial charge in [0.2, 0.25) is 5.91 Å². The number of carboxylic acids is 1. The zero-order valence-corrected chi connectivity index (χ0v) is 19.2. The highest BCUT2D eigenvalue weighted by molar-refractivity contribution is 5.80. The molecule has 0 spiro atoms. The fourth-order valence-electron chi connectivity index (χ4n) is 4.17. The first kappa shape index (κ1) is 24.3. The lowest BCUT2D eigenvalue weighted by molar-refractivity contribution is -0.137. The Labute approximate surface area is 194 Å². The SMILES string of the molecule is CCC(CNC(=O)OCC1c2ccccc2-c2ccccc21)C(=O)NCC(C)CCC(=O)O. The first-order chi connectivity index (χ1) is 15.9. The molecule has 0 fully saturated rings. The summed E-state index contributed by atoms with van der Waals surface area (Å²) in [6, 6.07) is 16.3. The summed E-state index contributed by atoms with van der Waals surface area (Å²) >= 11 is 0. The van der Waals surface area contributed by atoms with E-state index in [0.29, 0.717) is 19.4 Å². The van der Waals surface area contributed by atoms with Crippen LogP contribution in [-0.4, -0.2) is 42.8 Å². The largest absolute Gasteiger partial charge is 0.481 e. The molecule has 0 aliphatic heterocycles. The Morgan fingerprint density at radius 3 is 2.15 bits per heavy atom. The molecule has 0 bridgehead atoms. The molecule has 0 heterocycles. The first-order valence-corrected chi connectivity index (χ1v) is 11.5. The smallest absolute Gasteiger partial charge is 0.407 e. The van der Waals surface area contributed by atoms with Crippen LogP contribution in [0.4, 0.5) is 4.79 Å². The van der Waals surface area contributed by atoms with Gasteiger partial charge in [-0.15, -0.1) is 0 Å². The van der Waals surface area contributed by atoms with Crippen molar-refractivity contribution < 1.29 is 24.2 Å². The van der Waals surface area contributed by atoms with Crippen LogP contribution >= 0.6 is 0 Å². The second kappa shape index (κ2) is 11.5. The minimum atomic E-state index is -0.841. The van der Waals surface area contributed by atoms with E-state index in [1.807, 2.05) is 38.1 Å². The Kier molecular flexibility index (Phi) is 8.46. The number of hydrogen-bond donors (Lipinski definition) is 3. The van der Waals surface area contributed by atoms with Crippen LogP contribution in [0.15, 0.2) is 48.5 Å². The Balaban J connectivity index is 1.47. The van der Waals surface area contributed by atoms with Crippen molar-refractivity contribution in [2.75, 3.05) is 19.7 Å². The van der Waals surface area contributed by atoms with Gasteiger partial charge < -0.3 is 20.5 Å². The van der Waals surface area contributed by atoms with E-state index in [1.165, 1.54) is 11.1 Å². The van der Waals surface area contributed by atoms with E-state index in [-0.39, 0.29) is 43.2 Å². The van der Waals surface area contributed by atoms with Crippen molar-refractivity contribution in [1.29, 1.82) is 0 Å². The lowest BCUT2D eigenvalue weighted by Gasteiger charge is -2.18. The number of nitrogens with one attached hydrogen (secondary N) is 2. The molecule has 2 aromatic rings. The molecule has 0 saturated carbocycles. The maximum atomic E-state index is 12.5. The standard InChI is InChI=1S/C26H32N2O5/c1-3-18(25(31)27-14-17(2)12-13-24(29)30)15-28-26(32)33-16-23-21-10-6-4-8-19(21)20-9-5-7-11-22(20)23/h4-11,17-18,23H,3,12-16H2,1-2H3,(H,27,31)(H,28,32)(H,29,30). The van der Waals surface area contributed by atoms with E-state index in [9.17, 15) is 14.4 Å². The lowest BCUT2D eigenvalue weighted by Crippen LogP contribution is -2.40. The van der Waals surface area contributed by atoms with Crippen LogP contribution in [-0.2, 0) is 14.3 Å². The molecule has 0 radical (unpaired) electrons. The second-order valence-corrected chi connectivity index (χ2v) is 8.59. The molecule has 7 heteroatoms. The number of aliphatic carboxylic acids is 1. The molecule has 1 aliphatic carbocycles. The monoisotopic (exact) mass is 452 g/mol. The minimum Gasteiger partial charge on any atom is -0.481 e. The van der Waals surface area contributed by atoms with Gasteiger partial charge >= 0.3 is 12.1 Å². The van der Waals surface area contributed by atoms with Crippen molar-refractivity contribution in [3.05, 3.63) is 59.7 Å². The number of carboxylic acid groups (broad SMARTS) is 1. The molecular weight excluding hydrogens is 420 g/mol. The van der Waals surface area contributed by atoms with Gasteiger partial charge in [-0.1, -0.05) is 62.4 Å². The Morgan fingerprint density at radius 2 is 1.58 bits per heavy atom. The Bertz CT molecular complexity index is 945. The number of rotatable bonds is 11. The van der Waals surface area contributed by atoms with Crippen LogP contribution in [0.2, 0.25) is 0 Å². The van der Waals surface area contributed by atoms with E-state index < -0.39 is 12.1 Å². The van der Waals surface area contributed by atoms with Gasteiger partial charge in [-0.3, -0.25) is 9.59 Å². The van der Waals surface area contributed by atoms with Crippen molar-refractivity contribution in [1.82, 2.24) is 10.6 Å². The number of carbonyl (C=O) groups excluding carboxylic acids is 2. The number of alkyl carbamates (subject to hydrolysis) is 1. The van der Waals surface area contributed by atoms with Gasteiger partial charge in [-0.2, -0.15) is 0 Å². The Hall–Kier alpha value is -3.35. The molecule has 33 heavy (non-hydrogen) atoms. The van der Waals surface area contributed by atoms with E-state index >= 15 is 0 Å². The molecular formula is C26H32N2O5. The Morgan fingerprint density at radius 1 is 0.970 bits per heavy atom. The van der Waals surface area contributed by atoms with Crippen LogP contribution in [0.5, 0.6) is 0 Å². The summed E-state index contributed by atoms with van der Waals surface area (Å²) in [6.45, 7) is 4.61. The van der Waals surface area contributed by atoms with Gasteiger partial charge in [0.25, 0.3) is 0 Å². The van der Waals surface area contributed by atoms with Crippen molar-refractivity contribution in [3.8, 4) is 11.1 Å². The molecule has 3 rings (SSSR count). The number of carbonyl (C=O) groups is 3. The summed E-state index contributed by atoms with van der Waals surface area (Å²) in [6.07, 6.45) is 0.610. The van der Waals surface area contributed by atoms with Gasteiger partial charge in [-0.05, 0) is 41.0 Å². The number of amides is 2. The van der Waals surface area contributed by atoms with Crippen molar-refractivity contribution in [2.45, 2.75) is 39.0 Å². The van der Waals surface area contributed by atoms with E-state index in [2.05, 4.69) is 34.9 Å². The summed E-state index contributed by atoms with van der Waals surface area (Å²) in [4.78, 5) is 35.5. The number of benzene rings is 2. The third-order valence-electron chi connectivity index (χ3n) is 6.18. The predicted octanol–water partition coefficient (Wildman–Crippen LogP) is 4.17. The van der Waals surface area contributed by atoms with Gasteiger partial charge in [0.1, 0.15) is 6.61 Å². The quantitative estimate of drug-likeness (QED) is 0.475. The van der Waals surface area contributed by atoms with Gasteiger partial charge in [0, 0.05) is 25.4 Å². The zero-order chi connectivity index (χ0) is 23.8. The van der Waals surface area contributed by atoms with Gasteiger partial charge in [-0.25, -0.2) is 4.79 Å². The predicted molar refractivity (Wildman–Crippen MR) is 126 cm³/mol. The number of ether oxygens (including phenoxy) is 1. The number of hydrogen-bond acceptors (Lipinski definition) is 4. The zero-order valence-electron chi connectivity index (χ0n) is 19.2. The van der Waals surface area contributed by atoms with Crippen LogP contribution in [0.1, 0.15) is 50.2 Å². The van der Waals surface area contributed by atoms with Gasteiger partial charge in [0.15, 0.2) is 0 Å². The van der Waals surface area contributed by atoms with Crippen molar-refractivity contribution in [2.24, 2.45) is 11.8 Å². The summed E-state index contributed by atoms with van der Waals surface area (Å²) in [7, 11) is 0. The van der Waals surface area contributed by atoms with E-state index in [1.54, 1.807) is 0 Å². The first-order valence-electron chi connectivity index (χ1n) is 11.5. The van der Waals surface area contributed by atoms with Crippen LogP contribution in [0, 0.1) is 11.8 Å². The molecule has 2 unspecified atom stereocenters. The topological polar surface area (TPSA) is 105 Å². The molecule has 2 aromatic carbocycles. The molecule has 0 aromatic heterocycles. The van der Waals surface area contributed by atoms with Gasteiger partial charge in [0.05, 0.1) is 5.92 Å². The highest BCUT2D eigenvalue weighted by Gasteiger charge is 2.29. The van der Waals surface area contributed by atoms with Crippen LogP contribution in [0.25, 0.3) is 11.1 Å². The normalized spacial score (nSPS) is 14.0. The molecule has 3 N–H and O–H groups in total. The van der Waals surface area contributed by atoms with Crippen molar-refractivity contribution in [3.63, 3.8) is 0 Å². The van der Waals surface area contributed by atoms with Crippen molar-refractivity contribution >= 4 is 18.0 Å². The summed E-state index contributed by atoms with van der Waals surface area (Å²) in [5.41, 5.74) is 4.63. The highest BCUT2D eigenvalue weighted by Crippen LogP contribution is 2.44. The third kappa shape index (κ3) is 6.34. The molecule has 176 valence electrons. The summed E-state index contributed by atoms with van der Waals surface area (Å²) < 4.78 is 5.53. The molecule has 1 aliphatic rings. The molecule has 2 atom stereocenters. The minimum absolute atomic E-state index is 0.0132. The fourth-order valence-corrected chi connectivity index (χ4v) is 4.17. The highest BCUT2D eigenvalue weighted by atomic mass is 16.5. The summed E-state index contributed by atoms with van der Waals surface area (Å²) in [5.74, 6) is -1.32. The average molecular weight is 453 g/mol. The van der Waals surface area contributed by atoms with Crippen LogP contribution in [0.3, 0.4) is 0 Å². The fraction of sp³-hybridized carbons (Fsp3) is 0.423. The second-order valence-electron chi connectivity index (χ2n) is 8.59. The maximum Gasteiger partial charge on any atom is 0.407 e. The third-order valence-corrected chi connectivity index (χ3v) is 6.18. The van der Waals surface area contributed by atoms with E-state index in [0.717, 1.165) is 11.1 Å². The number of fused-ring (bicyclic) bond motifs is 3. The van der Waals surface area contributed by atoms with Crippen LogP contribution < -0.4 is 10.6 Å². The van der Waals surface area contributed by atoms with E-state index in [4.69, 9.17) is 9.84 Å². The molecule has 2 amide bonds. The lowest BCUT2D eigenvalue weighted by atomic mass is 9.98. The average Bonchev–Trinajstić information content (AvgIpc) is 3.14. The molecule has 7 nitrogen and oxygen atoms in total. The maximum absolute atomic E-state index is 12.5. The summed E-state index contributed by atoms with van der Waals surface area (Å²) in [5, 5.41) is 14.3.